The van der Waals surface area contributed by atoms with Crippen molar-refractivity contribution in [2.45, 2.75) is 60.3 Å². The first-order chi connectivity index (χ1) is 16.6. The summed E-state index contributed by atoms with van der Waals surface area (Å²) < 4.78 is 0. The van der Waals surface area contributed by atoms with Crippen molar-refractivity contribution in [2.75, 3.05) is 23.3 Å². The van der Waals surface area contributed by atoms with Gasteiger partial charge in [0.1, 0.15) is 5.82 Å². The number of benzene rings is 1. The molecular formula is C29H36N4O2. The SMILES string of the molecule is CCN(CC)c1ccc([C@H]2C(C(=O)Nc3cc(C)ccn3)=C(C)NC3=C2C(=O)CC(C)(C)C3)cc1. The van der Waals surface area contributed by atoms with Crippen LogP contribution in [0.5, 0.6) is 0 Å². The number of anilines is 2. The second-order valence-corrected chi connectivity index (χ2v) is 10.4. The van der Waals surface area contributed by atoms with Crippen LogP contribution in [0.15, 0.2) is 65.1 Å². The number of pyridine rings is 1. The van der Waals surface area contributed by atoms with Gasteiger partial charge in [-0.05, 0) is 74.9 Å². The lowest BCUT2D eigenvalue weighted by atomic mass is 9.68. The minimum atomic E-state index is -0.426. The molecule has 0 unspecified atom stereocenters. The van der Waals surface area contributed by atoms with E-state index in [0.29, 0.717) is 23.4 Å². The van der Waals surface area contributed by atoms with Crippen molar-refractivity contribution in [3.05, 3.63) is 76.3 Å². The Morgan fingerprint density at radius 1 is 1.11 bits per heavy atom. The number of rotatable bonds is 6. The number of aryl methyl sites for hydroxylation is 1. The van der Waals surface area contributed by atoms with Crippen molar-refractivity contribution in [3.63, 3.8) is 0 Å². The maximum atomic E-state index is 13.7. The number of dihydropyridines is 1. The van der Waals surface area contributed by atoms with Crippen molar-refractivity contribution < 1.29 is 9.59 Å². The van der Waals surface area contributed by atoms with E-state index in [1.165, 1.54) is 0 Å². The molecule has 0 spiro atoms. The minimum absolute atomic E-state index is 0.105. The molecule has 35 heavy (non-hydrogen) atoms. The summed E-state index contributed by atoms with van der Waals surface area (Å²) in [5.74, 6) is -0.0598. The predicted molar refractivity (Wildman–Crippen MR) is 141 cm³/mol. The maximum absolute atomic E-state index is 13.7. The molecule has 2 aliphatic rings. The molecule has 6 nitrogen and oxygen atoms in total. The number of aromatic nitrogens is 1. The van der Waals surface area contributed by atoms with Crippen molar-refractivity contribution in [1.29, 1.82) is 0 Å². The van der Waals surface area contributed by atoms with Crippen LogP contribution in [0, 0.1) is 12.3 Å². The van der Waals surface area contributed by atoms with Gasteiger partial charge < -0.3 is 15.5 Å². The normalized spacial score (nSPS) is 19.3. The van der Waals surface area contributed by atoms with Crippen molar-refractivity contribution in [2.24, 2.45) is 5.41 Å². The predicted octanol–water partition coefficient (Wildman–Crippen LogP) is 5.48. The van der Waals surface area contributed by atoms with Gasteiger partial charge in [0.2, 0.25) is 0 Å². The van der Waals surface area contributed by atoms with Crippen molar-refractivity contribution in [1.82, 2.24) is 10.3 Å². The van der Waals surface area contributed by atoms with Crippen LogP contribution in [0.25, 0.3) is 0 Å². The first kappa shape index (κ1) is 24.7. The Morgan fingerprint density at radius 2 is 1.80 bits per heavy atom. The molecule has 4 rings (SSSR count). The molecule has 1 aliphatic carbocycles. The second-order valence-electron chi connectivity index (χ2n) is 10.4. The number of nitrogens with zero attached hydrogens (tertiary/aromatic N) is 2. The Bertz CT molecular complexity index is 1200. The second kappa shape index (κ2) is 9.68. The minimum Gasteiger partial charge on any atom is -0.372 e. The summed E-state index contributed by atoms with van der Waals surface area (Å²) in [6.07, 6.45) is 2.92. The van der Waals surface area contributed by atoms with Gasteiger partial charge in [-0.15, -0.1) is 0 Å². The van der Waals surface area contributed by atoms with E-state index in [-0.39, 0.29) is 17.1 Å². The number of amides is 1. The monoisotopic (exact) mass is 472 g/mol. The zero-order chi connectivity index (χ0) is 25.3. The summed E-state index contributed by atoms with van der Waals surface area (Å²) in [5, 5.41) is 6.40. The fraction of sp³-hybridized carbons (Fsp3) is 0.414. The third kappa shape index (κ3) is 5.02. The fourth-order valence-corrected chi connectivity index (χ4v) is 5.32. The van der Waals surface area contributed by atoms with E-state index < -0.39 is 5.92 Å². The van der Waals surface area contributed by atoms with Crippen LogP contribution in [-0.4, -0.2) is 29.8 Å². The van der Waals surface area contributed by atoms with Gasteiger partial charge in [0, 0.05) is 59.9 Å². The molecule has 1 aliphatic heterocycles. The smallest absolute Gasteiger partial charge is 0.255 e. The maximum Gasteiger partial charge on any atom is 0.255 e. The highest BCUT2D eigenvalue weighted by Gasteiger charge is 2.42. The van der Waals surface area contributed by atoms with E-state index in [9.17, 15) is 9.59 Å². The lowest BCUT2D eigenvalue weighted by molar-refractivity contribution is -0.118. The van der Waals surface area contributed by atoms with Crippen molar-refractivity contribution >= 4 is 23.2 Å². The molecule has 1 atom stereocenters. The van der Waals surface area contributed by atoms with E-state index >= 15 is 0 Å². The van der Waals surface area contributed by atoms with E-state index in [1.54, 1.807) is 6.20 Å². The number of Topliss-reactive ketones (excluding diaryl/α,β-unsaturated/α-hetero) is 1. The summed E-state index contributed by atoms with van der Waals surface area (Å²) in [4.78, 5) is 33.7. The number of nitrogens with one attached hydrogen (secondary N) is 2. The molecule has 0 radical (unpaired) electrons. The fourth-order valence-electron chi connectivity index (χ4n) is 5.32. The molecule has 0 bridgehead atoms. The summed E-state index contributed by atoms with van der Waals surface area (Å²) in [6, 6.07) is 12.0. The number of allylic oxidation sites excluding steroid dienone is 3. The highest BCUT2D eigenvalue weighted by atomic mass is 16.2. The van der Waals surface area contributed by atoms with Crippen LogP contribution < -0.4 is 15.5 Å². The summed E-state index contributed by atoms with van der Waals surface area (Å²) in [5.41, 5.74) is 5.97. The van der Waals surface area contributed by atoms with Crippen LogP contribution in [0.1, 0.15) is 64.5 Å². The average molecular weight is 473 g/mol. The molecule has 1 amide bonds. The molecule has 2 heterocycles. The van der Waals surface area contributed by atoms with Gasteiger partial charge in [0.15, 0.2) is 5.78 Å². The quantitative estimate of drug-likeness (QED) is 0.582. The van der Waals surface area contributed by atoms with E-state index in [4.69, 9.17) is 0 Å². The van der Waals surface area contributed by atoms with Crippen LogP contribution in [0.3, 0.4) is 0 Å². The Labute approximate surface area is 208 Å². The third-order valence-corrected chi connectivity index (χ3v) is 7.00. The molecule has 2 aromatic rings. The average Bonchev–Trinajstić information content (AvgIpc) is 2.78. The number of ketones is 1. The molecule has 0 saturated heterocycles. The van der Waals surface area contributed by atoms with Crippen LogP contribution in [0.2, 0.25) is 0 Å². The number of hydrogen-bond donors (Lipinski definition) is 2. The number of hydrogen-bond acceptors (Lipinski definition) is 5. The first-order valence-electron chi connectivity index (χ1n) is 12.5. The highest BCUT2D eigenvalue weighted by molar-refractivity contribution is 6.09. The van der Waals surface area contributed by atoms with Crippen LogP contribution in [0.4, 0.5) is 11.5 Å². The summed E-state index contributed by atoms with van der Waals surface area (Å²) in [6.45, 7) is 14.2. The topological polar surface area (TPSA) is 74.3 Å². The van der Waals surface area contributed by atoms with E-state index in [0.717, 1.165) is 47.7 Å². The standard InChI is InChI=1S/C29H36N4O2/c1-7-33(8-2)21-11-9-20(10-12-21)26-25(28(35)32-24-15-18(3)13-14-30-24)19(4)31-22-16-29(5,6)17-23(34)27(22)26/h9-15,26,31H,7-8,16-17H2,1-6H3,(H,30,32,35)/t26-/m0/s1. The lowest BCUT2D eigenvalue weighted by Gasteiger charge is -2.39. The Kier molecular flexibility index (Phi) is 6.84. The van der Waals surface area contributed by atoms with Gasteiger partial charge in [0.05, 0.1) is 0 Å². The largest absolute Gasteiger partial charge is 0.372 e. The van der Waals surface area contributed by atoms with Crippen LogP contribution in [-0.2, 0) is 9.59 Å². The van der Waals surface area contributed by atoms with E-state index in [2.05, 4.69) is 72.5 Å². The van der Waals surface area contributed by atoms with Gasteiger partial charge in [-0.25, -0.2) is 4.98 Å². The molecule has 6 heteroatoms. The summed E-state index contributed by atoms with van der Waals surface area (Å²) >= 11 is 0. The molecule has 2 N–H and O–H groups in total. The molecular weight excluding hydrogens is 436 g/mol. The van der Waals surface area contributed by atoms with Gasteiger partial charge >= 0.3 is 0 Å². The Hall–Kier alpha value is -3.41. The van der Waals surface area contributed by atoms with Gasteiger partial charge in [-0.1, -0.05) is 26.0 Å². The molecule has 0 fully saturated rings. The zero-order valence-electron chi connectivity index (χ0n) is 21.7. The van der Waals surface area contributed by atoms with Gasteiger partial charge in [-0.3, -0.25) is 9.59 Å². The number of carbonyl (C=O) groups excluding carboxylic acids is 2. The lowest BCUT2D eigenvalue weighted by Crippen LogP contribution is -2.39. The third-order valence-electron chi connectivity index (χ3n) is 7.00. The zero-order valence-corrected chi connectivity index (χ0v) is 21.7. The molecule has 0 saturated carbocycles. The summed E-state index contributed by atoms with van der Waals surface area (Å²) in [7, 11) is 0. The molecule has 1 aromatic carbocycles. The Balaban J connectivity index is 1.79. The molecule has 184 valence electrons. The van der Waals surface area contributed by atoms with E-state index in [1.807, 2.05) is 26.0 Å². The Morgan fingerprint density at radius 3 is 2.43 bits per heavy atom. The van der Waals surface area contributed by atoms with Gasteiger partial charge in [0.25, 0.3) is 5.91 Å². The first-order valence-corrected chi connectivity index (χ1v) is 12.5. The molecule has 1 aromatic heterocycles. The number of carbonyl (C=O) groups is 2. The van der Waals surface area contributed by atoms with Crippen LogP contribution >= 0.6 is 0 Å². The highest BCUT2D eigenvalue weighted by Crippen LogP contribution is 2.46. The van der Waals surface area contributed by atoms with Crippen molar-refractivity contribution in [3.8, 4) is 0 Å². The van der Waals surface area contributed by atoms with Gasteiger partial charge in [-0.2, -0.15) is 0 Å².